The molecule has 23 heavy (non-hydrogen) atoms. The fourth-order valence-corrected chi connectivity index (χ4v) is 2.20. The lowest BCUT2D eigenvalue weighted by molar-refractivity contribution is -0.740. The van der Waals surface area contributed by atoms with Crippen molar-refractivity contribution in [2.75, 3.05) is 0 Å². The summed E-state index contributed by atoms with van der Waals surface area (Å²) in [5.74, 6) is 0.899. The largest absolute Gasteiger partial charge is 0.470 e. The number of hydrogen-bond acceptors (Lipinski definition) is 5. The molecular formula is C15H13N8+. The van der Waals surface area contributed by atoms with Crippen LogP contribution in [0.4, 0.5) is 0 Å². The minimum absolute atomic E-state index is 0.320. The van der Waals surface area contributed by atoms with E-state index in [9.17, 15) is 0 Å². The highest BCUT2D eigenvalue weighted by Crippen LogP contribution is 2.14. The second kappa shape index (κ2) is 5.41. The number of tetrazole rings is 2. The molecule has 2 aromatic carbocycles. The van der Waals surface area contributed by atoms with Crippen LogP contribution in [0.5, 0.6) is 0 Å². The maximum absolute atomic E-state index is 4.58. The van der Waals surface area contributed by atoms with E-state index in [0.29, 0.717) is 11.8 Å². The number of aromatic amines is 1. The maximum Gasteiger partial charge on any atom is 0.470 e. The fraction of sp³-hybridized carbons (Fsp3) is 0.0667. The second-order valence-corrected chi connectivity index (χ2v) is 5.02. The Balaban J connectivity index is 1.89. The first-order valence-corrected chi connectivity index (χ1v) is 7.07. The Hall–Kier alpha value is -3.42. The van der Waals surface area contributed by atoms with Crippen LogP contribution < -0.4 is 4.80 Å². The summed E-state index contributed by atoms with van der Waals surface area (Å²) in [5, 5.41) is 23.1. The fourth-order valence-electron chi connectivity index (χ4n) is 2.20. The number of rotatable bonds is 3. The molecule has 0 saturated carbocycles. The van der Waals surface area contributed by atoms with E-state index in [0.717, 1.165) is 11.3 Å². The first kappa shape index (κ1) is 13.3. The third-order valence-corrected chi connectivity index (χ3v) is 3.37. The summed E-state index contributed by atoms with van der Waals surface area (Å²) in [6.07, 6.45) is 0. The molecule has 0 aliphatic heterocycles. The summed E-state index contributed by atoms with van der Waals surface area (Å²) in [5.41, 5.74) is 2.94. The van der Waals surface area contributed by atoms with Gasteiger partial charge in [0.05, 0.1) is 0 Å². The van der Waals surface area contributed by atoms with Gasteiger partial charge < -0.3 is 0 Å². The van der Waals surface area contributed by atoms with Gasteiger partial charge in [0.25, 0.3) is 5.82 Å². The van der Waals surface area contributed by atoms with Crippen LogP contribution in [0.3, 0.4) is 0 Å². The Labute approximate surface area is 131 Å². The van der Waals surface area contributed by atoms with Crippen LogP contribution in [0.1, 0.15) is 5.56 Å². The molecule has 2 heterocycles. The Morgan fingerprint density at radius 1 is 1.00 bits per heavy atom. The standard InChI is InChI=1S/C15H13N8/c1-11-7-9-13(10-8-11)22-18-14(12-5-3-2-4-6-12)19-23(22)15-16-20-21-17-15/h2-10H,1H3,(H,16,17,20,21)/q+1. The average molecular weight is 305 g/mol. The van der Waals surface area contributed by atoms with Gasteiger partial charge in [0.2, 0.25) is 0 Å². The lowest BCUT2D eigenvalue weighted by Gasteiger charge is -1.99. The van der Waals surface area contributed by atoms with Crippen LogP contribution in [0.15, 0.2) is 54.6 Å². The molecule has 0 bridgehead atoms. The van der Waals surface area contributed by atoms with Gasteiger partial charge in [-0.2, -0.15) is 0 Å². The number of H-pyrrole nitrogens is 1. The minimum atomic E-state index is 0.320. The summed E-state index contributed by atoms with van der Waals surface area (Å²) in [6, 6.07) is 17.7. The van der Waals surface area contributed by atoms with E-state index < -0.39 is 0 Å². The van der Waals surface area contributed by atoms with E-state index in [1.807, 2.05) is 61.5 Å². The Morgan fingerprint density at radius 3 is 2.48 bits per heavy atom. The smallest absolute Gasteiger partial charge is 0.117 e. The van der Waals surface area contributed by atoms with Crippen LogP contribution >= 0.6 is 0 Å². The van der Waals surface area contributed by atoms with Crippen molar-refractivity contribution in [1.82, 2.24) is 35.6 Å². The van der Waals surface area contributed by atoms with Crippen LogP contribution in [-0.2, 0) is 0 Å². The molecule has 0 atom stereocenters. The van der Waals surface area contributed by atoms with Gasteiger partial charge >= 0.3 is 5.95 Å². The van der Waals surface area contributed by atoms with Gasteiger partial charge in [-0.3, -0.25) is 0 Å². The van der Waals surface area contributed by atoms with Crippen molar-refractivity contribution in [3.8, 4) is 23.0 Å². The number of aromatic nitrogens is 8. The predicted octanol–water partition coefficient (Wildman–Crippen LogP) is 1.03. The molecule has 0 unspecified atom stereocenters. The molecule has 0 aliphatic rings. The van der Waals surface area contributed by atoms with Crippen molar-refractivity contribution in [3.63, 3.8) is 0 Å². The van der Waals surface area contributed by atoms with Crippen LogP contribution in [0.2, 0.25) is 0 Å². The van der Waals surface area contributed by atoms with Crippen molar-refractivity contribution in [2.45, 2.75) is 6.92 Å². The van der Waals surface area contributed by atoms with Gasteiger partial charge in [0.15, 0.2) is 0 Å². The lowest BCUT2D eigenvalue weighted by atomic mass is 10.2. The molecule has 8 nitrogen and oxygen atoms in total. The minimum Gasteiger partial charge on any atom is -0.117 e. The van der Waals surface area contributed by atoms with Crippen molar-refractivity contribution < 1.29 is 4.80 Å². The number of aryl methyl sites for hydroxylation is 1. The first-order chi connectivity index (χ1) is 11.3. The molecule has 2 aromatic heterocycles. The van der Waals surface area contributed by atoms with Crippen molar-refractivity contribution >= 4 is 0 Å². The Bertz CT molecular complexity index is 910. The highest BCUT2D eigenvalue weighted by atomic mass is 15.7. The van der Waals surface area contributed by atoms with Crippen LogP contribution in [0.25, 0.3) is 23.0 Å². The van der Waals surface area contributed by atoms with Gasteiger partial charge in [-0.1, -0.05) is 45.8 Å². The van der Waals surface area contributed by atoms with E-state index in [1.165, 1.54) is 10.4 Å². The Kier molecular flexibility index (Phi) is 3.12. The molecule has 1 N–H and O–H groups in total. The molecule has 0 aliphatic carbocycles. The molecule has 4 aromatic rings. The van der Waals surface area contributed by atoms with Crippen molar-refractivity contribution in [1.29, 1.82) is 0 Å². The van der Waals surface area contributed by atoms with Gasteiger partial charge in [-0.25, -0.2) is 0 Å². The average Bonchev–Trinajstić information content (AvgIpc) is 3.26. The summed E-state index contributed by atoms with van der Waals surface area (Å²) in [7, 11) is 0. The van der Waals surface area contributed by atoms with E-state index in [4.69, 9.17) is 0 Å². The lowest BCUT2D eigenvalue weighted by Crippen LogP contribution is -2.44. The summed E-state index contributed by atoms with van der Waals surface area (Å²) in [6.45, 7) is 2.04. The van der Waals surface area contributed by atoms with Gasteiger partial charge in [0.1, 0.15) is 5.69 Å². The van der Waals surface area contributed by atoms with Crippen molar-refractivity contribution in [2.24, 2.45) is 0 Å². The van der Waals surface area contributed by atoms with Gasteiger partial charge in [-0.15, -0.1) is 5.21 Å². The van der Waals surface area contributed by atoms with Gasteiger partial charge in [0, 0.05) is 21.0 Å². The second-order valence-electron chi connectivity index (χ2n) is 5.02. The Morgan fingerprint density at radius 2 is 1.78 bits per heavy atom. The monoisotopic (exact) mass is 305 g/mol. The number of nitrogens with one attached hydrogen (secondary N) is 1. The first-order valence-electron chi connectivity index (χ1n) is 7.07. The highest BCUT2D eigenvalue weighted by molar-refractivity contribution is 5.53. The van der Waals surface area contributed by atoms with Crippen LogP contribution in [0, 0.1) is 6.92 Å². The number of benzene rings is 2. The van der Waals surface area contributed by atoms with E-state index in [2.05, 4.69) is 30.8 Å². The van der Waals surface area contributed by atoms with Gasteiger partial charge in [-0.05, 0) is 41.1 Å². The number of nitrogens with zero attached hydrogens (tertiary/aromatic N) is 7. The quantitative estimate of drug-likeness (QED) is 0.571. The third-order valence-electron chi connectivity index (χ3n) is 3.37. The normalized spacial score (nSPS) is 10.8. The third kappa shape index (κ3) is 2.46. The zero-order valence-corrected chi connectivity index (χ0v) is 12.3. The molecule has 112 valence electrons. The zero-order valence-electron chi connectivity index (χ0n) is 12.3. The molecular weight excluding hydrogens is 292 g/mol. The number of hydrogen-bond donors (Lipinski definition) is 1. The molecule has 0 spiro atoms. The summed E-state index contributed by atoms with van der Waals surface area (Å²) in [4.78, 5) is 3.16. The van der Waals surface area contributed by atoms with Crippen LogP contribution in [-0.4, -0.2) is 35.6 Å². The van der Waals surface area contributed by atoms with E-state index >= 15 is 0 Å². The summed E-state index contributed by atoms with van der Waals surface area (Å²) < 4.78 is 0. The molecule has 4 rings (SSSR count). The molecule has 8 heteroatoms. The maximum atomic E-state index is 4.58. The zero-order chi connectivity index (χ0) is 15.6. The molecule has 0 fully saturated rings. The topological polar surface area (TPSA) is 89.0 Å². The highest BCUT2D eigenvalue weighted by Gasteiger charge is 2.23. The SMILES string of the molecule is Cc1ccc(-n2nc(-c3ccccc3)n[n+]2-c2nn[nH]n2)cc1. The van der Waals surface area contributed by atoms with E-state index in [-0.39, 0.29) is 0 Å². The molecule has 0 saturated heterocycles. The summed E-state index contributed by atoms with van der Waals surface area (Å²) >= 11 is 0. The molecule has 0 amide bonds. The molecule has 0 radical (unpaired) electrons. The van der Waals surface area contributed by atoms with Crippen molar-refractivity contribution in [3.05, 3.63) is 60.2 Å². The van der Waals surface area contributed by atoms with E-state index in [1.54, 1.807) is 4.80 Å². The predicted molar refractivity (Wildman–Crippen MR) is 80.8 cm³/mol.